The lowest BCUT2D eigenvalue weighted by molar-refractivity contribution is 0.0730. The van der Waals surface area contributed by atoms with Crippen molar-refractivity contribution >= 4 is 17.5 Å². The van der Waals surface area contributed by atoms with E-state index in [1.54, 1.807) is 105 Å². The SMILES string of the molecule is CCOc1cc(OCC)c(C(=O)c2ccccc2)c(OC(=O)c2ccccc2)c1C(=O)c1ccccc1. The molecule has 0 aliphatic carbocycles. The Morgan fingerprint density at radius 1 is 0.568 bits per heavy atom. The molecule has 0 aromatic heterocycles. The second kappa shape index (κ2) is 11.8. The molecule has 0 atom stereocenters. The van der Waals surface area contributed by atoms with Crippen LogP contribution in [-0.2, 0) is 0 Å². The molecule has 0 N–H and O–H groups in total. The first kappa shape index (κ1) is 25.4. The summed E-state index contributed by atoms with van der Waals surface area (Å²) < 4.78 is 17.5. The van der Waals surface area contributed by atoms with E-state index in [1.165, 1.54) is 6.07 Å². The fourth-order valence-electron chi connectivity index (χ4n) is 3.88. The first-order chi connectivity index (χ1) is 18.0. The van der Waals surface area contributed by atoms with Gasteiger partial charge in [0, 0.05) is 17.2 Å². The third kappa shape index (κ3) is 5.59. The van der Waals surface area contributed by atoms with Crippen molar-refractivity contribution in [2.75, 3.05) is 13.2 Å². The molecule has 0 unspecified atom stereocenters. The van der Waals surface area contributed by atoms with Crippen molar-refractivity contribution in [2.45, 2.75) is 13.8 Å². The van der Waals surface area contributed by atoms with Crippen molar-refractivity contribution in [3.8, 4) is 17.2 Å². The first-order valence-electron chi connectivity index (χ1n) is 12.0. The molecule has 0 amide bonds. The molecule has 0 aliphatic rings. The van der Waals surface area contributed by atoms with Gasteiger partial charge in [0.2, 0.25) is 11.6 Å². The Bertz CT molecular complexity index is 1320. The van der Waals surface area contributed by atoms with Crippen molar-refractivity contribution in [2.24, 2.45) is 0 Å². The molecular formula is C31H26O6. The Morgan fingerprint density at radius 2 is 0.946 bits per heavy atom. The summed E-state index contributed by atoms with van der Waals surface area (Å²) in [4.78, 5) is 40.9. The molecule has 0 saturated carbocycles. The van der Waals surface area contributed by atoms with Crippen LogP contribution in [0.15, 0.2) is 97.1 Å². The van der Waals surface area contributed by atoms with E-state index in [1.807, 2.05) is 0 Å². The van der Waals surface area contributed by atoms with Crippen molar-refractivity contribution < 1.29 is 28.6 Å². The first-order valence-corrected chi connectivity index (χ1v) is 12.0. The largest absolute Gasteiger partial charge is 0.493 e. The molecule has 6 heteroatoms. The minimum Gasteiger partial charge on any atom is -0.493 e. The van der Waals surface area contributed by atoms with Gasteiger partial charge in [0.15, 0.2) is 5.75 Å². The number of carbonyl (C=O) groups is 3. The van der Waals surface area contributed by atoms with Gasteiger partial charge in [0.25, 0.3) is 0 Å². The summed E-state index contributed by atoms with van der Waals surface area (Å²) in [5.41, 5.74) is 0.907. The van der Waals surface area contributed by atoms with E-state index < -0.39 is 17.5 Å². The number of carbonyl (C=O) groups excluding carboxylic acids is 3. The Morgan fingerprint density at radius 3 is 1.32 bits per heavy atom. The number of ketones is 2. The van der Waals surface area contributed by atoms with Crippen molar-refractivity contribution in [1.82, 2.24) is 0 Å². The lowest BCUT2D eigenvalue weighted by Gasteiger charge is -2.21. The molecule has 0 radical (unpaired) electrons. The average Bonchev–Trinajstić information content (AvgIpc) is 2.94. The van der Waals surface area contributed by atoms with Crippen LogP contribution in [0.4, 0.5) is 0 Å². The van der Waals surface area contributed by atoms with Gasteiger partial charge in [-0.2, -0.15) is 0 Å². The van der Waals surface area contributed by atoms with Crippen molar-refractivity contribution in [3.63, 3.8) is 0 Å². The second-order valence-corrected chi connectivity index (χ2v) is 7.96. The fourth-order valence-corrected chi connectivity index (χ4v) is 3.88. The topological polar surface area (TPSA) is 78.9 Å². The fraction of sp³-hybridized carbons (Fsp3) is 0.129. The normalized spacial score (nSPS) is 10.4. The van der Waals surface area contributed by atoms with Gasteiger partial charge in [-0.15, -0.1) is 0 Å². The quantitative estimate of drug-likeness (QED) is 0.149. The number of rotatable bonds is 10. The van der Waals surface area contributed by atoms with E-state index in [2.05, 4.69) is 0 Å². The van der Waals surface area contributed by atoms with Crippen molar-refractivity contribution in [1.29, 1.82) is 0 Å². The number of benzene rings is 4. The zero-order valence-corrected chi connectivity index (χ0v) is 20.6. The van der Waals surface area contributed by atoms with Gasteiger partial charge in [0.05, 0.1) is 18.8 Å². The van der Waals surface area contributed by atoms with Crippen LogP contribution < -0.4 is 14.2 Å². The Kier molecular flexibility index (Phi) is 8.11. The molecule has 0 bridgehead atoms. The maximum atomic E-state index is 13.8. The van der Waals surface area contributed by atoms with Crippen LogP contribution in [0.3, 0.4) is 0 Å². The summed E-state index contributed by atoms with van der Waals surface area (Å²) in [5, 5.41) is 0. The maximum Gasteiger partial charge on any atom is 0.343 e. The van der Waals surface area contributed by atoms with Crippen LogP contribution in [0.5, 0.6) is 17.2 Å². The highest BCUT2D eigenvalue weighted by molar-refractivity contribution is 6.19. The number of hydrogen-bond acceptors (Lipinski definition) is 6. The van der Waals surface area contributed by atoms with Gasteiger partial charge in [-0.1, -0.05) is 78.9 Å². The maximum absolute atomic E-state index is 13.8. The highest BCUT2D eigenvalue weighted by Gasteiger charge is 2.32. The number of hydrogen-bond donors (Lipinski definition) is 0. The summed E-state index contributed by atoms with van der Waals surface area (Å²) in [6.45, 7) is 4.02. The third-order valence-corrected chi connectivity index (χ3v) is 5.54. The highest BCUT2D eigenvalue weighted by atomic mass is 16.5. The summed E-state index contributed by atoms with van der Waals surface area (Å²) >= 11 is 0. The molecule has 0 fully saturated rings. The predicted molar refractivity (Wildman–Crippen MR) is 140 cm³/mol. The van der Waals surface area contributed by atoms with E-state index in [0.29, 0.717) is 11.1 Å². The van der Waals surface area contributed by atoms with E-state index in [4.69, 9.17) is 14.2 Å². The summed E-state index contributed by atoms with van der Waals surface area (Å²) in [6.07, 6.45) is 0. The number of esters is 1. The Labute approximate surface area is 215 Å². The van der Waals surface area contributed by atoms with E-state index in [-0.39, 0.29) is 47.2 Å². The molecule has 0 saturated heterocycles. The smallest absolute Gasteiger partial charge is 0.343 e. The molecule has 37 heavy (non-hydrogen) atoms. The minimum absolute atomic E-state index is 0.0277. The van der Waals surface area contributed by atoms with Gasteiger partial charge < -0.3 is 14.2 Å². The molecule has 4 aromatic carbocycles. The van der Waals surface area contributed by atoms with Gasteiger partial charge in [0.1, 0.15) is 22.6 Å². The van der Waals surface area contributed by atoms with Gasteiger partial charge in [-0.05, 0) is 26.0 Å². The average molecular weight is 495 g/mol. The molecule has 186 valence electrons. The molecule has 0 spiro atoms. The minimum atomic E-state index is -0.721. The van der Waals surface area contributed by atoms with E-state index in [0.717, 1.165) is 0 Å². The Balaban J connectivity index is 2.02. The summed E-state index contributed by atoms with van der Waals surface area (Å²) in [6, 6.07) is 27.0. The van der Waals surface area contributed by atoms with E-state index >= 15 is 0 Å². The van der Waals surface area contributed by atoms with Crippen LogP contribution in [0.1, 0.15) is 56.0 Å². The third-order valence-electron chi connectivity index (χ3n) is 5.54. The van der Waals surface area contributed by atoms with E-state index in [9.17, 15) is 14.4 Å². The molecule has 0 aliphatic heterocycles. The van der Waals surface area contributed by atoms with Crippen LogP contribution in [0, 0.1) is 0 Å². The molecule has 4 rings (SSSR count). The van der Waals surface area contributed by atoms with Crippen LogP contribution >= 0.6 is 0 Å². The standard InChI is InChI=1S/C31H26O6/c1-3-35-24-20-25(36-4-2)27(29(33)22-16-10-6-11-17-22)30(37-31(34)23-18-12-7-13-19-23)26(24)28(32)21-14-8-5-9-15-21/h5-20H,3-4H2,1-2H3. The molecule has 6 nitrogen and oxygen atoms in total. The zero-order valence-electron chi connectivity index (χ0n) is 20.6. The van der Waals surface area contributed by atoms with Crippen LogP contribution in [0.25, 0.3) is 0 Å². The number of ether oxygens (including phenoxy) is 3. The van der Waals surface area contributed by atoms with Gasteiger partial charge >= 0.3 is 5.97 Å². The molecular weight excluding hydrogens is 468 g/mol. The lowest BCUT2D eigenvalue weighted by atomic mass is 9.94. The van der Waals surface area contributed by atoms with Crippen LogP contribution in [0.2, 0.25) is 0 Å². The van der Waals surface area contributed by atoms with Gasteiger partial charge in [-0.25, -0.2) is 4.79 Å². The highest BCUT2D eigenvalue weighted by Crippen LogP contribution is 2.42. The zero-order chi connectivity index (χ0) is 26.2. The monoisotopic (exact) mass is 494 g/mol. The summed E-state index contributed by atoms with van der Waals surface area (Å²) in [7, 11) is 0. The molecule has 4 aromatic rings. The van der Waals surface area contributed by atoms with Crippen LogP contribution in [-0.4, -0.2) is 30.7 Å². The van der Waals surface area contributed by atoms with Crippen molar-refractivity contribution in [3.05, 3.63) is 125 Å². The lowest BCUT2D eigenvalue weighted by Crippen LogP contribution is -2.18. The molecule has 0 heterocycles. The van der Waals surface area contributed by atoms with Gasteiger partial charge in [-0.3, -0.25) is 9.59 Å². The second-order valence-electron chi connectivity index (χ2n) is 7.96. The predicted octanol–water partition coefficient (Wildman–Crippen LogP) is 6.17. The summed E-state index contributed by atoms with van der Waals surface area (Å²) in [5.74, 6) is -1.53. The Hall–Kier alpha value is -4.71.